The first-order valence-corrected chi connectivity index (χ1v) is 7.96. The van der Waals surface area contributed by atoms with Gasteiger partial charge in [-0.1, -0.05) is 6.92 Å². The van der Waals surface area contributed by atoms with E-state index in [1.165, 1.54) is 0 Å². The van der Waals surface area contributed by atoms with Gasteiger partial charge in [0.2, 0.25) is 0 Å². The summed E-state index contributed by atoms with van der Waals surface area (Å²) in [5, 5.41) is 0. The minimum absolute atomic E-state index is 0.538. The number of hydrogen-bond acceptors (Lipinski definition) is 3. The van der Waals surface area contributed by atoms with Crippen LogP contribution in [0.5, 0.6) is 0 Å². The molecule has 2 N–H and O–H groups in total. The smallest absolute Gasteiger partial charge is 0.161 e. The molecule has 2 rings (SSSR count). The number of aromatic nitrogens is 2. The standard InChI is InChI=1S/C12H10Br2IN3/c1-2-9-10(15)11(16)18-12(17-9)6-3-4-7(13)8(14)5-6/h3-5H,2H2,1H3,(H2,16,17,18). The average molecular weight is 483 g/mol. The largest absolute Gasteiger partial charge is 0.383 e. The lowest BCUT2D eigenvalue weighted by Gasteiger charge is -2.08. The first kappa shape index (κ1) is 14.2. The third kappa shape index (κ3) is 2.85. The maximum atomic E-state index is 5.92. The monoisotopic (exact) mass is 481 g/mol. The van der Waals surface area contributed by atoms with Gasteiger partial charge in [-0.15, -0.1) is 0 Å². The molecule has 1 aromatic heterocycles. The predicted molar refractivity (Wildman–Crippen MR) is 89.4 cm³/mol. The molecule has 0 amide bonds. The lowest BCUT2D eigenvalue weighted by molar-refractivity contribution is 0.994. The second-order valence-electron chi connectivity index (χ2n) is 3.68. The maximum Gasteiger partial charge on any atom is 0.161 e. The number of halogens is 3. The summed E-state index contributed by atoms with van der Waals surface area (Å²) in [7, 11) is 0. The lowest BCUT2D eigenvalue weighted by Crippen LogP contribution is -2.04. The molecule has 6 heteroatoms. The second kappa shape index (κ2) is 5.83. The van der Waals surface area contributed by atoms with Gasteiger partial charge in [0.15, 0.2) is 5.82 Å². The number of nitrogens with zero attached hydrogens (tertiary/aromatic N) is 2. The van der Waals surface area contributed by atoms with Gasteiger partial charge in [-0.05, 0) is 79.1 Å². The summed E-state index contributed by atoms with van der Waals surface area (Å²) in [5.41, 5.74) is 7.85. The Morgan fingerprint density at radius 1 is 1.22 bits per heavy atom. The van der Waals surface area contributed by atoms with Crippen molar-refractivity contribution in [1.29, 1.82) is 0 Å². The van der Waals surface area contributed by atoms with Crippen LogP contribution in [-0.4, -0.2) is 9.97 Å². The average Bonchev–Trinajstić information content (AvgIpc) is 2.36. The fourth-order valence-electron chi connectivity index (χ4n) is 1.51. The van der Waals surface area contributed by atoms with Crippen molar-refractivity contribution in [1.82, 2.24) is 9.97 Å². The van der Waals surface area contributed by atoms with Gasteiger partial charge in [0, 0.05) is 14.5 Å². The quantitative estimate of drug-likeness (QED) is 0.645. The van der Waals surface area contributed by atoms with Crippen LogP contribution in [0.1, 0.15) is 12.6 Å². The molecule has 0 aliphatic rings. The van der Waals surface area contributed by atoms with Crippen LogP contribution in [0.3, 0.4) is 0 Å². The molecule has 0 spiro atoms. The van der Waals surface area contributed by atoms with E-state index in [4.69, 9.17) is 5.73 Å². The van der Waals surface area contributed by atoms with Crippen molar-refractivity contribution in [2.45, 2.75) is 13.3 Å². The summed E-state index contributed by atoms with van der Waals surface area (Å²) in [6, 6.07) is 5.91. The van der Waals surface area contributed by atoms with Crippen LogP contribution in [0.15, 0.2) is 27.1 Å². The van der Waals surface area contributed by atoms with Gasteiger partial charge in [-0.25, -0.2) is 9.97 Å². The predicted octanol–water partition coefficient (Wildman–Crippen LogP) is 4.42. The van der Waals surface area contributed by atoms with Crippen molar-refractivity contribution < 1.29 is 0 Å². The zero-order valence-electron chi connectivity index (χ0n) is 9.54. The molecule has 0 saturated heterocycles. The van der Waals surface area contributed by atoms with Crippen molar-refractivity contribution in [3.8, 4) is 11.4 Å². The van der Waals surface area contributed by atoms with Crippen LogP contribution in [-0.2, 0) is 6.42 Å². The molecular formula is C12H10Br2IN3. The van der Waals surface area contributed by atoms with Gasteiger partial charge in [0.25, 0.3) is 0 Å². The Hall–Kier alpha value is -0.210. The molecule has 0 fully saturated rings. The molecule has 1 heterocycles. The first-order valence-electron chi connectivity index (χ1n) is 5.30. The minimum Gasteiger partial charge on any atom is -0.383 e. The molecule has 0 unspecified atom stereocenters. The summed E-state index contributed by atoms with van der Waals surface area (Å²) in [5.74, 6) is 1.20. The Morgan fingerprint density at radius 3 is 2.56 bits per heavy atom. The molecule has 0 atom stereocenters. The molecule has 0 aliphatic heterocycles. The van der Waals surface area contributed by atoms with Crippen molar-refractivity contribution in [2.24, 2.45) is 0 Å². The molecule has 0 bridgehead atoms. The number of anilines is 1. The minimum atomic E-state index is 0.538. The summed E-state index contributed by atoms with van der Waals surface area (Å²) in [6.07, 6.45) is 0.843. The van der Waals surface area contributed by atoms with Gasteiger partial charge in [0.05, 0.1) is 9.26 Å². The van der Waals surface area contributed by atoms with Crippen LogP contribution in [0, 0.1) is 3.57 Å². The van der Waals surface area contributed by atoms with Crippen LogP contribution >= 0.6 is 54.5 Å². The van der Waals surface area contributed by atoms with Gasteiger partial charge in [-0.2, -0.15) is 0 Å². The number of nitrogen functional groups attached to an aromatic ring is 1. The fourth-order valence-corrected chi connectivity index (χ4v) is 2.76. The third-order valence-corrected chi connectivity index (χ3v) is 5.51. The summed E-state index contributed by atoms with van der Waals surface area (Å²) < 4.78 is 2.91. The number of rotatable bonds is 2. The highest BCUT2D eigenvalue weighted by Gasteiger charge is 2.11. The number of aryl methyl sites for hydroxylation is 1. The van der Waals surface area contributed by atoms with E-state index >= 15 is 0 Å². The highest BCUT2D eigenvalue weighted by atomic mass is 127. The lowest BCUT2D eigenvalue weighted by atomic mass is 10.2. The molecule has 2 aromatic rings. The highest BCUT2D eigenvalue weighted by molar-refractivity contribution is 14.1. The molecule has 94 valence electrons. The Morgan fingerprint density at radius 2 is 1.94 bits per heavy atom. The Balaban J connectivity index is 2.57. The molecule has 3 nitrogen and oxygen atoms in total. The molecule has 0 radical (unpaired) electrons. The van der Waals surface area contributed by atoms with Crippen molar-refractivity contribution >= 4 is 60.3 Å². The Bertz CT molecular complexity index is 602. The Labute approximate surface area is 136 Å². The van der Waals surface area contributed by atoms with Crippen LogP contribution < -0.4 is 5.73 Å². The molecule has 0 saturated carbocycles. The van der Waals surface area contributed by atoms with Crippen molar-refractivity contribution in [2.75, 3.05) is 5.73 Å². The highest BCUT2D eigenvalue weighted by Crippen LogP contribution is 2.29. The molecular weight excluding hydrogens is 473 g/mol. The van der Waals surface area contributed by atoms with E-state index in [0.29, 0.717) is 11.6 Å². The van der Waals surface area contributed by atoms with E-state index in [1.54, 1.807) is 0 Å². The van der Waals surface area contributed by atoms with E-state index in [0.717, 1.165) is 30.2 Å². The zero-order chi connectivity index (χ0) is 13.3. The number of hydrogen-bond donors (Lipinski definition) is 1. The maximum absolute atomic E-state index is 5.92. The van der Waals surface area contributed by atoms with Gasteiger partial charge in [0.1, 0.15) is 5.82 Å². The summed E-state index contributed by atoms with van der Waals surface area (Å²) in [6.45, 7) is 2.06. The molecule has 0 aliphatic carbocycles. The van der Waals surface area contributed by atoms with Crippen molar-refractivity contribution in [3.05, 3.63) is 36.4 Å². The van der Waals surface area contributed by atoms with Gasteiger partial charge >= 0.3 is 0 Å². The summed E-state index contributed by atoms with van der Waals surface area (Å²) in [4.78, 5) is 8.90. The first-order chi connectivity index (χ1) is 8.52. The summed E-state index contributed by atoms with van der Waals surface area (Å²) >= 11 is 9.11. The van der Waals surface area contributed by atoms with Crippen LogP contribution in [0.25, 0.3) is 11.4 Å². The normalized spacial score (nSPS) is 10.7. The van der Waals surface area contributed by atoms with Crippen molar-refractivity contribution in [3.63, 3.8) is 0 Å². The van der Waals surface area contributed by atoms with E-state index in [2.05, 4.69) is 71.3 Å². The SMILES string of the molecule is CCc1nc(-c2ccc(Br)c(Br)c2)nc(N)c1I. The third-order valence-electron chi connectivity index (χ3n) is 2.46. The van der Waals surface area contributed by atoms with Gasteiger partial charge < -0.3 is 5.73 Å². The van der Waals surface area contributed by atoms with Crippen LogP contribution in [0.4, 0.5) is 5.82 Å². The van der Waals surface area contributed by atoms with Crippen LogP contribution in [0.2, 0.25) is 0 Å². The number of nitrogens with two attached hydrogens (primary N) is 1. The Kier molecular flexibility index (Phi) is 4.60. The van der Waals surface area contributed by atoms with E-state index in [1.807, 2.05) is 18.2 Å². The second-order valence-corrected chi connectivity index (χ2v) is 6.46. The topological polar surface area (TPSA) is 51.8 Å². The van der Waals surface area contributed by atoms with Gasteiger partial charge in [-0.3, -0.25) is 0 Å². The zero-order valence-corrected chi connectivity index (χ0v) is 14.9. The van der Waals surface area contributed by atoms with E-state index < -0.39 is 0 Å². The molecule has 1 aromatic carbocycles. The van der Waals surface area contributed by atoms with E-state index in [9.17, 15) is 0 Å². The fraction of sp³-hybridized carbons (Fsp3) is 0.167. The number of benzene rings is 1. The molecule has 18 heavy (non-hydrogen) atoms. The van der Waals surface area contributed by atoms with E-state index in [-0.39, 0.29) is 0 Å².